The van der Waals surface area contributed by atoms with E-state index in [1.165, 1.54) is 16.8 Å². The molecule has 3 heterocycles. The molecule has 83 heavy (non-hydrogen) atoms. The second-order valence-electron chi connectivity index (χ2n) is 20.3. The lowest BCUT2D eigenvalue weighted by Crippen LogP contribution is -2.29. The van der Waals surface area contributed by atoms with E-state index in [9.17, 15) is 28.8 Å². The van der Waals surface area contributed by atoms with E-state index >= 15 is 0 Å². The maximum absolute atomic E-state index is 13.8. The Kier molecular flexibility index (Phi) is 14.0. The summed E-state index contributed by atoms with van der Waals surface area (Å²) in [6, 6.07) is 66.7. The van der Waals surface area contributed by atoms with Crippen molar-refractivity contribution in [2.45, 2.75) is 26.9 Å². The maximum atomic E-state index is 13.8. The molecule has 0 spiro atoms. The van der Waals surface area contributed by atoms with Crippen molar-refractivity contribution < 1.29 is 43.0 Å². The lowest BCUT2D eigenvalue weighted by atomic mass is 9.97. The van der Waals surface area contributed by atoms with E-state index < -0.39 is 17.7 Å². The number of ether oxygens (including phenoxy) is 3. The van der Waals surface area contributed by atoms with Gasteiger partial charge in [0.1, 0.15) is 34.5 Å². The quantitative estimate of drug-likeness (QED) is 0.0914. The smallest absolute Gasteiger partial charge is 0.261 e. The maximum Gasteiger partial charge on any atom is 0.261 e. The molecule has 3 aliphatic heterocycles. The Morgan fingerprint density at radius 2 is 0.807 bits per heavy atom. The van der Waals surface area contributed by atoms with Crippen LogP contribution in [0.25, 0.3) is 21.9 Å². The zero-order chi connectivity index (χ0) is 57.3. The Hall–Kier alpha value is -11.2. The molecule has 10 aromatic rings. The van der Waals surface area contributed by atoms with Gasteiger partial charge in [0, 0.05) is 24.2 Å². The number of nitrogens with zero attached hydrogens (tertiary/aromatic N) is 3. The molecule has 12 heteroatoms. The fourth-order valence-corrected chi connectivity index (χ4v) is 10.2. The Morgan fingerprint density at radius 1 is 0.349 bits per heavy atom. The highest BCUT2D eigenvalue weighted by molar-refractivity contribution is 6.23. The Balaban J connectivity index is 0.000000235. The Labute approximate surface area is 478 Å². The van der Waals surface area contributed by atoms with Crippen molar-refractivity contribution in [1.82, 2.24) is 14.7 Å². The largest absolute Gasteiger partial charge is 0.457 e. The number of carbonyl (C=O) groups excluding carboxylic acids is 6. The van der Waals surface area contributed by atoms with E-state index in [1.807, 2.05) is 147 Å². The summed E-state index contributed by atoms with van der Waals surface area (Å²) in [6.07, 6.45) is 0. The molecule has 6 amide bonds. The van der Waals surface area contributed by atoms with Gasteiger partial charge in [-0.3, -0.25) is 43.5 Å². The molecule has 3 aliphatic rings. The van der Waals surface area contributed by atoms with Crippen molar-refractivity contribution in [3.05, 3.63) is 285 Å². The van der Waals surface area contributed by atoms with Crippen LogP contribution in [-0.2, 0) is 13.1 Å². The van der Waals surface area contributed by atoms with Crippen molar-refractivity contribution in [3.63, 3.8) is 0 Å². The topological polar surface area (TPSA) is 140 Å². The van der Waals surface area contributed by atoms with Gasteiger partial charge in [-0.15, -0.1) is 0 Å². The van der Waals surface area contributed by atoms with Crippen LogP contribution >= 0.6 is 0 Å². The molecule has 0 N–H and O–H groups in total. The van der Waals surface area contributed by atoms with Gasteiger partial charge in [-0.2, -0.15) is 0 Å². The van der Waals surface area contributed by atoms with Crippen LogP contribution in [0.5, 0.6) is 34.5 Å². The number of imide groups is 3. The Bertz CT molecular complexity index is 4400. The number of aryl methyl sites for hydroxylation is 2. The zero-order valence-electron chi connectivity index (χ0n) is 45.2. The minimum atomic E-state index is -0.425. The van der Waals surface area contributed by atoms with E-state index in [0.29, 0.717) is 67.7 Å². The molecule has 402 valence electrons. The summed E-state index contributed by atoms with van der Waals surface area (Å²) in [5.74, 6) is 7.85. The summed E-state index contributed by atoms with van der Waals surface area (Å²) >= 11 is 0. The molecule has 0 aliphatic carbocycles. The van der Waals surface area contributed by atoms with Gasteiger partial charge in [0.05, 0.1) is 46.5 Å². The predicted molar refractivity (Wildman–Crippen MR) is 315 cm³/mol. The van der Waals surface area contributed by atoms with Crippen LogP contribution in [0, 0.1) is 25.7 Å². The first-order chi connectivity index (χ1) is 40.3. The second kappa shape index (κ2) is 22.2. The number of hydrogen-bond acceptors (Lipinski definition) is 9. The first-order valence-electron chi connectivity index (χ1n) is 26.7. The van der Waals surface area contributed by atoms with E-state index in [2.05, 4.69) is 24.0 Å². The molecule has 0 saturated carbocycles. The van der Waals surface area contributed by atoms with E-state index in [-0.39, 0.29) is 41.9 Å². The molecule has 0 unspecified atom stereocenters. The van der Waals surface area contributed by atoms with Crippen molar-refractivity contribution in [3.8, 4) is 57.5 Å². The van der Waals surface area contributed by atoms with Gasteiger partial charge in [-0.1, -0.05) is 121 Å². The SMILES string of the molecule is CN1C(=O)c2ccc(C#Cc3cccc4ccccc34)cc2C1=O.Cc1ccc(Oc2cccc(CN3C(=O)c4ccc(-c5ccc6c(c5)C(=O)N(Cc5cccc(Oc7cccc(Oc8cccc(C)c8)c7)c5)C6=O)cc4C3=O)c2)cc1. The van der Waals surface area contributed by atoms with Crippen molar-refractivity contribution in [1.29, 1.82) is 0 Å². The minimum Gasteiger partial charge on any atom is -0.457 e. The van der Waals surface area contributed by atoms with Crippen molar-refractivity contribution in [2.75, 3.05) is 7.05 Å². The van der Waals surface area contributed by atoms with Gasteiger partial charge in [0.25, 0.3) is 35.4 Å². The first kappa shape index (κ1) is 52.5. The lowest BCUT2D eigenvalue weighted by molar-refractivity contribution is 0.0627. The molecular weight excluding hydrogens is 1040 g/mol. The van der Waals surface area contributed by atoms with Crippen LogP contribution in [0.15, 0.2) is 218 Å². The van der Waals surface area contributed by atoms with Crippen LogP contribution in [0.3, 0.4) is 0 Å². The van der Waals surface area contributed by atoms with Gasteiger partial charge in [-0.05, 0) is 162 Å². The average molecular weight is 1090 g/mol. The standard InChI is InChI=1S/C50H36N2O7.C21H13NO2/c1-31-15-19-37(20-16-31)57-39-11-4-8-33(24-39)29-51-47(53)43-21-17-35(26-45(43)49(51)55)36-18-22-44-46(27-36)50(56)52(48(44)54)30-34-9-5-12-40(25-34)59-42-14-6-13-41(28-42)58-38-10-3-7-32(2)23-38;1-22-20(23)18-12-10-14(13-19(18)21(22)24)9-11-16-7-4-6-15-5-2-3-8-17(15)16/h3-28H,29-30H2,1-2H3;2-8,10,12-13H,1H3. The van der Waals surface area contributed by atoms with Gasteiger partial charge in [-0.25, -0.2) is 0 Å². The molecule has 12 nitrogen and oxygen atoms in total. The number of carbonyl (C=O) groups is 6. The third kappa shape index (κ3) is 10.9. The number of rotatable bonds is 11. The fraction of sp³-hybridized carbons (Fsp3) is 0.0704. The number of amides is 6. The summed E-state index contributed by atoms with van der Waals surface area (Å²) in [6.45, 7) is 4.12. The minimum absolute atomic E-state index is 0.0433. The molecular formula is C71H49N3O9. The van der Waals surface area contributed by atoms with Crippen LogP contribution in [0.1, 0.15) is 95.5 Å². The van der Waals surface area contributed by atoms with Gasteiger partial charge in [0.2, 0.25) is 0 Å². The number of fused-ring (bicyclic) bond motifs is 4. The molecule has 0 bridgehead atoms. The lowest BCUT2D eigenvalue weighted by Gasteiger charge is -2.15. The monoisotopic (exact) mass is 1090 g/mol. The van der Waals surface area contributed by atoms with E-state index in [1.54, 1.807) is 72.8 Å². The normalized spacial score (nSPS) is 13.1. The summed E-state index contributed by atoms with van der Waals surface area (Å²) in [5, 5.41) is 2.24. The summed E-state index contributed by atoms with van der Waals surface area (Å²) in [5.41, 5.74) is 8.60. The van der Waals surface area contributed by atoms with Gasteiger partial charge < -0.3 is 14.2 Å². The van der Waals surface area contributed by atoms with Gasteiger partial charge in [0.15, 0.2) is 0 Å². The first-order valence-corrected chi connectivity index (χ1v) is 26.7. The third-order valence-electron chi connectivity index (χ3n) is 14.5. The highest BCUT2D eigenvalue weighted by Crippen LogP contribution is 2.35. The number of benzene rings is 10. The fourth-order valence-electron chi connectivity index (χ4n) is 10.2. The van der Waals surface area contributed by atoms with Crippen molar-refractivity contribution in [2.24, 2.45) is 0 Å². The summed E-state index contributed by atoms with van der Waals surface area (Å²) in [7, 11) is 1.49. The highest BCUT2D eigenvalue weighted by atomic mass is 16.5. The third-order valence-corrected chi connectivity index (χ3v) is 14.5. The summed E-state index contributed by atoms with van der Waals surface area (Å²) in [4.78, 5) is 82.0. The molecule has 0 atom stereocenters. The highest BCUT2D eigenvalue weighted by Gasteiger charge is 2.38. The molecule has 0 aromatic heterocycles. The van der Waals surface area contributed by atoms with Crippen LogP contribution in [0.2, 0.25) is 0 Å². The van der Waals surface area contributed by atoms with Gasteiger partial charge >= 0.3 is 0 Å². The zero-order valence-corrected chi connectivity index (χ0v) is 45.2. The molecule has 0 saturated heterocycles. The van der Waals surface area contributed by atoms with Crippen molar-refractivity contribution >= 4 is 46.2 Å². The molecule has 10 aromatic carbocycles. The van der Waals surface area contributed by atoms with E-state index in [4.69, 9.17) is 14.2 Å². The predicted octanol–water partition coefficient (Wildman–Crippen LogP) is 14.4. The molecule has 13 rings (SSSR count). The average Bonchev–Trinajstić information content (AvgIpc) is 4.23. The van der Waals surface area contributed by atoms with Crippen LogP contribution < -0.4 is 14.2 Å². The molecule has 0 radical (unpaired) electrons. The number of hydrogen-bond donors (Lipinski definition) is 0. The second-order valence-corrected chi connectivity index (χ2v) is 20.3. The molecule has 0 fully saturated rings. The Morgan fingerprint density at radius 3 is 1.41 bits per heavy atom. The summed E-state index contributed by atoms with van der Waals surface area (Å²) < 4.78 is 18.2. The van der Waals surface area contributed by atoms with Crippen LogP contribution in [0.4, 0.5) is 0 Å². The van der Waals surface area contributed by atoms with E-state index in [0.717, 1.165) is 49.2 Å². The van der Waals surface area contributed by atoms with Crippen LogP contribution in [-0.4, -0.2) is 57.2 Å².